The quantitative estimate of drug-likeness (QED) is 0.823. The summed E-state index contributed by atoms with van der Waals surface area (Å²) in [5.74, 6) is -0.00144. The van der Waals surface area contributed by atoms with Gasteiger partial charge in [0.2, 0.25) is 11.8 Å². The lowest BCUT2D eigenvalue weighted by Gasteiger charge is -2.17. The van der Waals surface area contributed by atoms with Crippen LogP contribution in [0, 0.1) is 5.82 Å². The van der Waals surface area contributed by atoms with Crippen molar-refractivity contribution in [3.63, 3.8) is 0 Å². The average molecular weight is 347 g/mol. The molecule has 1 saturated heterocycles. The van der Waals surface area contributed by atoms with E-state index in [1.165, 1.54) is 38.7 Å². The topological polar surface area (TPSA) is 73.8 Å². The van der Waals surface area contributed by atoms with E-state index in [1.807, 2.05) is 0 Å². The van der Waals surface area contributed by atoms with Crippen LogP contribution >= 0.6 is 0 Å². The molecule has 0 N–H and O–H groups in total. The molecule has 0 saturated carbocycles. The Morgan fingerprint density at radius 3 is 2.76 bits per heavy atom. The summed E-state index contributed by atoms with van der Waals surface area (Å²) >= 11 is 0. The van der Waals surface area contributed by atoms with Crippen molar-refractivity contribution in [1.29, 1.82) is 0 Å². The van der Waals surface area contributed by atoms with Crippen LogP contribution in [0.3, 0.4) is 0 Å². The van der Waals surface area contributed by atoms with Crippen molar-refractivity contribution in [2.45, 2.75) is 12.5 Å². The molecule has 0 radical (unpaired) electrons. The van der Waals surface area contributed by atoms with Gasteiger partial charge in [-0.1, -0.05) is 0 Å². The zero-order valence-electron chi connectivity index (χ0n) is 13.9. The summed E-state index contributed by atoms with van der Waals surface area (Å²) in [7, 11) is 2.88. The molecular formula is C17H18FN3O4. The van der Waals surface area contributed by atoms with Crippen molar-refractivity contribution in [3.05, 3.63) is 42.0 Å². The molecule has 1 aromatic carbocycles. The highest BCUT2D eigenvalue weighted by Gasteiger charge is 2.29. The van der Waals surface area contributed by atoms with Gasteiger partial charge in [0, 0.05) is 18.5 Å². The van der Waals surface area contributed by atoms with Crippen molar-refractivity contribution >= 4 is 5.91 Å². The molecule has 8 heteroatoms. The first-order valence-electron chi connectivity index (χ1n) is 7.76. The number of rotatable bonds is 5. The molecule has 0 bridgehead atoms. The van der Waals surface area contributed by atoms with Gasteiger partial charge in [-0.05, 0) is 18.2 Å². The van der Waals surface area contributed by atoms with E-state index < -0.39 is 5.82 Å². The van der Waals surface area contributed by atoms with E-state index in [9.17, 15) is 9.18 Å². The summed E-state index contributed by atoms with van der Waals surface area (Å²) in [6, 6.07) is 4.17. The normalized spacial score (nSPS) is 16.6. The lowest BCUT2D eigenvalue weighted by molar-refractivity contribution is 0.0770. The van der Waals surface area contributed by atoms with Gasteiger partial charge in [0.1, 0.15) is 6.10 Å². The van der Waals surface area contributed by atoms with E-state index in [2.05, 4.69) is 9.97 Å². The maximum Gasteiger partial charge on any atom is 0.254 e. The fourth-order valence-corrected chi connectivity index (χ4v) is 2.65. The van der Waals surface area contributed by atoms with Crippen LogP contribution in [-0.4, -0.2) is 54.2 Å². The van der Waals surface area contributed by atoms with Gasteiger partial charge in [-0.15, -0.1) is 0 Å². The molecule has 0 spiro atoms. The summed E-state index contributed by atoms with van der Waals surface area (Å²) in [4.78, 5) is 22.3. The molecule has 1 aliphatic heterocycles. The van der Waals surface area contributed by atoms with Gasteiger partial charge in [-0.2, -0.15) is 4.98 Å². The van der Waals surface area contributed by atoms with Crippen LogP contribution in [0.1, 0.15) is 16.8 Å². The molecule has 25 heavy (non-hydrogen) atoms. The van der Waals surface area contributed by atoms with Crippen molar-refractivity contribution < 1.29 is 23.4 Å². The maximum absolute atomic E-state index is 13.8. The fourth-order valence-electron chi connectivity index (χ4n) is 2.65. The number of hydrogen-bond donors (Lipinski definition) is 0. The van der Waals surface area contributed by atoms with Crippen molar-refractivity contribution in [2.75, 3.05) is 27.3 Å². The Morgan fingerprint density at radius 1 is 1.24 bits per heavy atom. The van der Waals surface area contributed by atoms with Crippen molar-refractivity contribution in [2.24, 2.45) is 0 Å². The van der Waals surface area contributed by atoms with E-state index in [0.717, 1.165) is 0 Å². The standard InChI is InChI=1S/C17H18FN3O4/c1-23-14-4-3-11(7-13(14)18)17(22)21-6-5-12(10-21)25-16-9-19-8-15(20-16)24-2/h3-4,7-9,12H,5-6,10H2,1-2H3/t12-/m0/s1. The molecular weight excluding hydrogens is 329 g/mol. The van der Waals surface area contributed by atoms with Crippen LogP contribution in [0.25, 0.3) is 0 Å². The lowest BCUT2D eigenvalue weighted by atomic mass is 10.2. The van der Waals surface area contributed by atoms with E-state index in [-0.39, 0.29) is 23.3 Å². The second-order valence-electron chi connectivity index (χ2n) is 5.53. The first-order valence-corrected chi connectivity index (χ1v) is 7.76. The predicted molar refractivity (Wildman–Crippen MR) is 86.5 cm³/mol. The number of halogens is 1. The molecule has 2 aromatic rings. The zero-order valence-corrected chi connectivity index (χ0v) is 13.9. The minimum Gasteiger partial charge on any atom is -0.494 e. The number of benzene rings is 1. The molecule has 1 fully saturated rings. The Kier molecular flexibility index (Phi) is 4.97. The molecule has 3 rings (SSSR count). The average Bonchev–Trinajstić information content (AvgIpc) is 3.09. The van der Waals surface area contributed by atoms with Gasteiger partial charge in [-0.3, -0.25) is 9.78 Å². The van der Waals surface area contributed by atoms with Crippen LogP contribution in [0.5, 0.6) is 17.5 Å². The van der Waals surface area contributed by atoms with Crippen LogP contribution in [0.15, 0.2) is 30.6 Å². The minimum absolute atomic E-state index is 0.107. The third-order valence-electron chi connectivity index (χ3n) is 3.92. The highest BCUT2D eigenvalue weighted by atomic mass is 19.1. The molecule has 1 amide bonds. The molecule has 132 valence electrons. The molecule has 0 unspecified atom stereocenters. The van der Waals surface area contributed by atoms with E-state index in [0.29, 0.717) is 31.3 Å². The molecule has 0 aliphatic carbocycles. The molecule has 1 aliphatic rings. The molecule has 2 heterocycles. The molecule has 1 atom stereocenters. The number of ether oxygens (including phenoxy) is 3. The minimum atomic E-state index is -0.563. The van der Waals surface area contributed by atoms with E-state index in [1.54, 1.807) is 11.0 Å². The summed E-state index contributed by atoms with van der Waals surface area (Å²) in [5.41, 5.74) is 0.278. The number of hydrogen-bond acceptors (Lipinski definition) is 6. The van der Waals surface area contributed by atoms with Gasteiger partial charge in [0.25, 0.3) is 5.91 Å². The number of methoxy groups -OCH3 is 2. The second kappa shape index (κ2) is 7.33. The Bertz CT molecular complexity index is 771. The Hall–Kier alpha value is -2.90. The highest BCUT2D eigenvalue weighted by Crippen LogP contribution is 2.22. The van der Waals surface area contributed by atoms with Crippen LogP contribution < -0.4 is 14.2 Å². The number of likely N-dealkylation sites (tertiary alicyclic amines) is 1. The van der Waals surface area contributed by atoms with E-state index in [4.69, 9.17) is 14.2 Å². The smallest absolute Gasteiger partial charge is 0.254 e. The van der Waals surface area contributed by atoms with Crippen LogP contribution in [-0.2, 0) is 0 Å². The number of amides is 1. The number of aromatic nitrogens is 2. The Morgan fingerprint density at radius 2 is 2.04 bits per heavy atom. The lowest BCUT2D eigenvalue weighted by Crippen LogP contribution is -2.31. The van der Waals surface area contributed by atoms with Gasteiger partial charge in [0.15, 0.2) is 11.6 Å². The SMILES string of the molecule is COc1cncc(O[C@H]2CCN(C(=O)c3ccc(OC)c(F)c3)C2)n1. The molecule has 7 nitrogen and oxygen atoms in total. The first-order chi connectivity index (χ1) is 12.1. The summed E-state index contributed by atoms with van der Waals surface area (Å²) in [5, 5.41) is 0. The number of carbonyl (C=O) groups is 1. The van der Waals surface area contributed by atoms with Gasteiger partial charge in [-0.25, -0.2) is 4.39 Å². The van der Waals surface area contributed by atoms with Crippen LogP contribution in [0.2, 0.25) is 0 Å². The van der Waals surface area contributed by atoms with Crippen molar-refractivity contribution in [1.82, 2.24) is 14.9 Å². The van der Waals surface area contributed by atoms with Crippen LogP contribution in [0.4, 0.5) is 4.39 Å². The third-order valence-corrected chi connectivity index (χ3v) is 3.92. The number of nitrogens with zero attached hydrogens (tertiary/aromatic N) is 3. The Balaban J connectivity index is 1.63. The van der Waals surface area contributed by atoms with Gasteiger partial charge in [0.05, 0.1) is 33.2 Å². The summed E-state index contributed by atoms with van der Waals surface area (Å²) in [6.07, 6.45) is 3.43. The van der Waals surface area contributed by atoms with Crippen molar-refractivity contribution in [3.8, 4) is 17.5 Å². The second-order valence-corrected chi connectivity index (χ2v) is 5.53. The highest BCUT2D eigenvalue weighted by molar-refractivity contribution is 5.94. The molecule has 1 aromatic heterocycles. The predicted octanol–water partition coefficient (Wildman–Crippen LogP) is 1.93. The monoisotopic (exact) mass is 347 g/mol. The zero-order chi connectivity index (χ0) is 17.8. The Labute approximate surface area is 144 Å². The largest absolute Gasteiger partial charge is 0.494 e. The first kappa shape index (κ1) is 16.9. The number of carbonyl (C=O) groups excluding carboxylic acids is 1. The fraction of sp³-hybridized carbons (Fsp3) is 0.353. The van der Waals surface area contributed by atoms with E-state index >= 15 is 0 Å². The maximum atomic E-state index is 13.8. The third kappa shape index (κ3) is 3.78. The van der Waals surface area contributed by atoms with Gasteiger partial charge >= 0.3 is 0 Å². The summed E-state index contributed by atoms with van der Waals surface area (Å²) in [6.45, 7) is 0.917. The van der Waals surface area contributed by atoms with Gasteiger partial charge < -0.3 is 19.1 Å². The summed E-state index contributed by atoms with van der Waals surface area (Å²) < 4.78 is 29.4.